The van der Waals surface area contributed by atoms with Crippen molar-refractivity contribution in [2.45, 2.75) is 63.1 Å². The van der Waals surface area contributed by atoms with E-state index < -0.39 is 15.9 Å². The molecular formula is C23H29N3O5S2. The van der Waals surface area contributed by atoms with E-state index in [2.05, 4.69) is 10.9 Å². The molecule has 1 saturated heterocycles. The van der Waals surface area contributed by atoms with Gasteiger partial charge in [0.15, 0.2) is 0 Å². The standard InChI is InChI=1S/C23H29N3O5S2/c1-15-13-26(14-16(2)31-15)33(29,30)19-10-8-17(9-11-19)22(27)24-25-23(28)21-12-18-6-4-3-5-7-20(18)32-21/h8-12,15-16H,3-7,13-14H2,1-2H3,(H,24,27)(H,25,28). The molecule has 2 unspecified atom stereocenters. The molecule has 0 saturated carbocycles. The van der Waals surface area contributed by atoms with Crippen molar-refractivity contribution in [1.29, 1.82) is 0 Å². The quantitative estimate of drug-likeness (QED) is 0.506. The Bertz CT molecular complexity index is 1090. The van der Waals surface area contributed by atoms with Gasteiger partial charge in [0, 0.05) is 23.5 Å². The number of carbonyl (C=O) groups excluding carboxylic acids is 2. The molecular weight excluding hydrogens is 462 g/mol. The SMILES string of the molecule is CC1CN(S(=O)(=O)c2ccc(C(=O)NNC(=O)c3cc4c(s3)CCCCC4)cc2)CC(C)O1. The van der Waals surface area contributed by atoms with E-state index >= 15 is 0 Å². The van der Waals surface area contributed by atoms with Gasteiger partial charge in [-0.1, -0.05) is 6.42 Å². The second-order valence-electron chi connectivity index (χ2n) is 8.63. The van der Waals surface area contributed by atoms with Crippen molar-refractivity contribution in [3.63, 3.8) is 0 Å². The molecule has 2 amide bonds. The van der Waals surface area contributed by atoms with Crippen molar-refractivity contribution < 1.29 is 22.7 Å². The molecule has 0 radical (unpaired) electrons. The Labute approximate surface area is 198 Å². The molecule has 2 aromatic rings. The molecule has 178 valence electrons. The third-order valence-corrected chi connectivity index (χ3v) is 8.98. The van der Waals surface area contributed by atoms with Gasteiger partial charge in [-0.05, 0) is 75.4 Å². The van der Waals surface area contributed by atoms with E-state index in [0.717, 1.165) is 25.7 Å². The highest BCUT2D eigenvalue weighted by Gasteiger charge is 2.32. The molecule has 1 aromatic heterocycles. The van der Waals surface area contributed by atoms with Gasteiger partial charge in [0.1, 0.15) is 0 Å². The third kappa shape index (κ3) is 5.46. The van der Waals surface area contributed by atoms with Crippen molar-refractivity contribution in [1.82, 2.24) is 15.2 Å². The largest absolute Gasteiger partial charge is 0.373 e. The number of carbonyl (C=O) groups is 2. The summed E-state index contributed by atoms with van der Waals surface area (Å²) in [6.07, 6.45) is 5.10. The number of thiophene rings is 1. The first-order valence-corrected chi connectivity index (χ1v) is 13.5. The highest BCUT2D eigenvalue weighted by atomic mass is 32.2. The van der Waals surface area contributed by atoms with Gasteiger partial charge in [-0.3, -0.25) is 20.4 Å². The smallest absolute Gasteiger partial charge is 0.279 e. The fourth-order valence-corrected chi connectivity index (χ4v) is 7.02. The van der Waals surface area contributed by atoms with E-state index in [1.54, 1.807) is 0 Å². The number of morpholine rings is 1. The van der Waals surface area contributed by atoms with Crippen LogP contribution in [-0.2, 0) is 27.6 Å². The first-order valence-electron chi connectivity index (χ1n) is 11.2. The van der Waals surface area contributed by atoms with Crippen molar-refractivity contribution in [3.8, 4) is 0 Å². The second kappa shape index (κ2) is 9.92. The lowest BCUT2D eigenvalue weighted by molar-refractivity contribution is -0.0440. The molecule has 1 aliphatic carbocycles. The molecule has 33 heavy (non-hydrogen) atoms. The molecule has 1 aliphatic heterocycles. The number of nitrogens with one attached hydrogen (secondary N) is 2. The van der Waals surface area contributed by atoms with Crippen LogP contribution in [0, 0.1) is 0 Å². The number of hydrazine groups is 1. The van der Waals surface area contributed by atoms with Crippen molar-refractivity contribution in [3.05, 3.63) is 51.2 Å². The van der Waals surface area contributed by atoms with Crippen LogP contribution in [-0.4, -0.2) is 49.8 Å². The van der Waals surface area contributed by atoms with Crippen LogP contribution >= 0.6 is 11.3 Å². The number of rotatable bonds is 4. The normalized spacial score (nSPS) is 21.6. The van der Waals surface area contributed by atoms with Gasteiger partial charge >= 0.3 is 0 Å². The summed E-state index contributed by atoms with van der Waals surface area (Å²) >= 11 is 1.48. The fraction of sp³-hybridized carbons (Fsp3) is 0.478. The van der Waals surface area contributed by atoms with Crippen LogP contribution in [0.25, 0.3) is 0 Å². The minimum atomic E-state index is -3.68. The number of sulfonamides is 1. The number of hydrogen-bond acceptors (Lipinski definition) is 6. The van der Waals surface area contributed by atoms with Crippen LogP contribution in [0.15, 0.2) is 35.2 Å². The molecule has 0 bridgehead atoms. The first kappa shape index (κ1) is 23.9. The molecule has 2 N–H and O–H groups in total. The minimum absolute atomic E-state index is 0.115. The molecule has 1 fully saturated rings. The summed E-state index contributed by atoms with van der Waals surface area (Å²) in [6, 6.07) is 7.62. The molecule has 2 heterocycles. The number of benzene rings is 1. The van der Waals surface area contributed by atoms with Crippen molar-refractivity contribution in [2.75, 3.05) is 13.1 Å². The predicted octanol–water partition coefficient (Wildman–Crippen LogP) is 2.89. The zero-order valence-corrected chi connectivity index (χ0v) is 20.4. The van der Waals surface area contributed by atoms with E-state index in [1.807, 2.05) is 19.9 Å². The van der Waals surface area contributed by atoms with Crippen molar-refractivity contribution in [2.24, 2.45) is 0 Å². The van der Waals surface area contributed by atoms with E-state index in [4.69, 9.17) is 4.74 Å². The number of aryl methyl sites for hydroxylation is 2. The Morgan fingerprint density at radius 2 is 1.61 bits per heavy atom. The van der Waals surface area contributed by atoms with E-state index in [-0.39, 0.29) is 41.7 Å². The van der Waals surface area contributed by atoms with E-state index in [0.29, 0.717) is 4.88 Å². The number of nitrogens with zero attached hydrogens (tertiary/aromatic N) is 1. The zero-order chi connectivity index (χ0) is 23.6. The van der Waals surface area contributed by atoms with Crippen LogP contribution in [0.4, 0.5) is 0 Å². The molecule has 10 heteroatoms. The maximum Gasteiger partial charge on any atom is 0.279 e. The molecule has 2 aliphatic rings. The van der Waals surface area contributed by atoms with Crippen molar-refractivity contribution >= 4 is 33.2 Å². The summed E-state index contributed by atoms with van der Waals surface area (Å²) in [5, 5.41) is 0. The number of ether oxygens (including phenoxy) is 1. The number of fused-ring (bicyclic) bond motifs is 1. The summed E-state index contributed by atoms with van der Waals surface area (Å²) in [5.41, 5.74) is 6.36. The van der Waals surface area contributed by atoms with Gasteiger partial charge < -0.3 is 4.74 Å². The number of amides is 2. The Morgan fingerprint density at radius 1 is 0.970 bits per heavy atom. The number of hydrogen-bond donors (Lipinski definition) is 2. The average Bonchev–Trinajstić information content (AvgIpc) is 3.07. The van der Waals surface area contributed by atoms with Crippen LogP contribution in [0.1, 0.15) is 63.6 Å². The third-order valence-electron chi connectivity index (χ3n) is 5.90. The zero-order valence-electron chi connectivity index (χ0n) is 18.8. The molecule has 1 aromatic carbocycles. The monoisotopic (exact) mass is 491 g/mol. The fourth-order valence-electron chi connectivity index (χ4n) is 4.28. The van der Waals surface area contributed by atoms with Crippen LogP contribution in [0.3, 0.4) is 0 Å². The molecule has 4 rings (SSSR count). The van der Waals surface area contributed by atoms with Crippen LogP contribution in [0.5, 0.6) is 0 Å². The first-order chi connectivity index (χ1) is 15.7. The Morgan fingerprint density at radius 3 is 2.30 bits per heavy atom. The van der Waals surface area contributed by atoms with Gasteiger partial charge in [-0.15, -0.1) is 11.3 Å². The van der Waals surface area contributed by atoms with Gasteiger partial charge in [0.05, 0.1) is 22.0 Å². The van der Waals surface area contributed by atoms with Crippen LogP contribution < -0.4 is 10.9 Å². The van der Waals surface area contributed by atoms with E-state index in [9.17, 15) is 18.0 Å². The Kier molecular flexibility index (Phi) is 7.18. The predicted molar refractivity (Wildman–Crippen MR) is 126 cm³/mol. The Hall–Kier alpha value is -2.27. The van der Waals surface area contributed by atoms with Gasteiger partial charge in [-0.25, -0.2) is 8.42 Å². The highest BCUT2D eigenvalue weighted by Crippen LogP contribution is 2.29. The van der Waals surface area contributed by atoms with Crippen LogP contribution in [0.2, 0.25) is 0 Å². The lowest BCUT2D eigenvalue weighted by atomic mass is 10.1. The Balaban J connectivity index is 1.37. The van der Waals surface area contributed by atoms with E-state index in [1.165, 1.54) is 56.8 Å². The minimum Gasteiger partial charge on any atom is -0.373 e. The van der Waals surface area contributed by atoms with Gasteiger partial charge in [0.2, 0.25) is 10.0 Å². The topological polar surface area (TPSA) is 105 Å². The second-order valence-corrected chi connectivity index (χ2v) is 11.7. The summed E-state index contributed by atoms with van der Waals surface area (Å²) in [7, 11) is -3.68. The lowest BCUT2D eigenvalue weighted by Crippen LogP contribution is -2.48. The molecule has 0 spiro atoms. The molecule has 8 nitrogen and oxygen atoms in total. The van der Waals surface area contributed by atoms with Gasteiger partial charge in [0.25, 0.3) is 11.8 Å². The highest BCUT2D eigenvalue weighted by molar-refractivity contribution is 7.89. The summed E-state index contributed by atoms with van der Waals surface area (Å²) < 4.78 is 32.9. The summed E-state index contributed by atoms with van der Waals surface area (Å²) in [6.45, 7) is 4.25. The lowest BCUT2D eigenvalue weighted by Gasteiger charge is -2.34. The average molecular weight is 492 g/mol. The maximum absolute atomic E-state index is 13.0. The molecule has 2 atom stereocenters. The summed E-state index contributed by atoms with van der Waals surface area (Å²) in [5.74, 6) is -0.866. The summed E-state index contributed by atoms with van der Waals surface area (Å²) in [4.78, 5) is 26.9. The van der Waals surface area contributed by atoms with Gasteiger partial charge in [-0.2, -0.15) is 4.31 Å². The maximum atomic E-state index is 13.0.